The van der Waals surface area contributed by atoms with E-state index in [1.807, 2.05) is 0 Å². The molecule has 2 heterocycles. The van der Waals surface area contributed by atoms with Crippen molar-refractivity contribution >= 4 is 6.29 Å². The molecule has 2 rings (SSSR count). The molecule has 4 nitrogen and oxygen atoms in total. The summed E-state index contributed by atoms with van der Waals surface area (Å²) in [5, 5.41) is 4.06. The van der Waals surface area contributed by atoms with E-state index in [1.165, 1.54) is 0 Å². The molecule has 1 aliphatic rings. The molecule has 1 atom stereocenters. The standard InChI is InChI=1S/C9H12N2O2/c12-7-8-4-10-11(5-8)6-9-2-1-3-13-9/h4-5,7,9H,1-3,6H2/t9-/m1/s1. The monoisotopic (exact) mass is 180 g/mol. The van der Waals surface area contributed by atoms with Gasteiger partial charge in [0.2, 0.25) is 0 Å². The van der Waals surface area contributed by atoms with Gasteiger partial charge in [0.05, 0.1) is 24.4 Å². The summed E-state index contributed by atoms with van der Waals surface area (Å²) in [6.07, 6.45) is 6.62. The summed E-state index contributed by atoms with van der Waals surface area (Å²) in [4.78, 5) is 10.4. The number of ether oxygens (including phenoxy) is 1. The van der Waals surface area contributed by atoms with Gasteiger partial charge in [-0.3, -0.25) is 9.48 Å². The minimum absolute atomic E-state index is 0.277. The molecule has 0 saturated carbocycles. The van der Waals surface area contributed by atoms with Crippen molar-refractivity contribution in [2.75, 3.05) is 6.61 Å². The molecule has 0 bridgehead atoms. The molecule has 0 aromatic carbocycles. The quantitative estimate of drug-likeness (QED) is 0.648. The minimum atomic E-state index is 0.277. The van der Waals surface area contributed by atoms with Crippen molar-refractivity contribution in [2.45, 2.75) is 25.5 Å². The summed E-state index contributed by atoms with van der Waals surface area (Å²) < 4.78 is 7.21. The Kier molecular flexibility index (Phi) is 2.40. The minimum Gasteiger partial charge on any atom is -0.376 e. The van der Waals surface area contributed by atoms with Crippen LogP contribution in [0.2, 0.25) is 0 Å². The largest absolute Gasteiger partial charge is 0.376 e. The van der Waals surface area contributed by atoms with Gasteiger partial charge >= 0.3 is 0 Å². The average molecular weight is 180 g/mol. The molecule has 0 radical (unpaired) electrons. The Labute approximate surface area is 76.5 Å². The van der Waals surface area contributed by atoms with Crippen LogP contribution >= 0.6 is 0 Å². The Hall–Kier alpha value is -1.16. The molecule has 1 aromatic heterocycles. The van der Waals surface area contributed by atoms with Gasteiger partial charge in [0, 0.05) is 12.8 Å². The summed E-state index contributed by atoms with van der Waals surface area (Å²) >= 11 is 0. The first-order chi connectivity index (χ1) is 6.38. The number of hydrogen-bond donors (Lipinski definition) is 0. The lowest BCUT2D eigenvalue weighted by Crippen LogP contribution is -2.15. The van der Waals surface area contributed by atoms with Crippen LogP contribution in [-0.2, 0) is 11.3 Å². The average Bonchev–Trinajstić information content (AvgIpc) is 2.76. The van der Waals surface area contributed by atoms with Crippen LogP contribution in [0.5, 0.6) is 0 Å². The van der Waals surface area contributed by atoms with Crippen molar-refractivity contribution < 1.29 is 9.53 Å². The predicted octanol–water partition coefficient (Wildman–Crippen LogP) is 0.875. The Morgan fingerprint density at radius 1 is 1.77 bits per heavy atom. The Morgan fingerprint density at radius 3 is 3.31 bits per heavy atom. The maximum absolute atomic E-state index is 10.4. The van der Waals surface area contributed by atoms with Crippen molar-refractivity contribution in [2.24, 2.45) is 0 Å². The van der Waals surface area contributed by atoms with E-state index in [-0.39, 0.29) is 6.10 Å². The van der Waals surface area contributed by atoms with Gasteiger partial charge in [0.15, 0.2) is 6.29 Å². The first-order valence-electron chi connectivity index (χ1n) is 4.48. The number of hydrogen-bond acceptors (Lipinski definition) is 3. The molecule has 1 fully saturated rings. The molecule has 0 amide bonds. The van der Waals surface area contributed by atoms with Crippen LogP contribution < -0.4 is 0 Å². The van der Waals surface area contributed by atoms with E-state index >= 15 is 0 Å². The second-order valence-corrected chi connectivity index (χ2v) is 3.25. The van der Waals surface area contributed by atoms with Crippen LogP contribution in [0, 0.1) is 0 Å². The number of carbonyl (C=O) groups excluding carboxylic acids is 1. The third-order valence-electron chi connectivity index (χ3n) is 2.20. The van der Waals surface area contributed by atoms with Crippen molar-refractivity contribution in [3.8, 4) is 0 Å². The molecule has 0 unspecified atom stereocenters. The fraction of sp³-hybridized carbons (Fsp3) is 0.556. The van der Waals surface area contributed by atoms with Gasteiger partial charge in [-0.1, -0.05) is 0 Å². The Balaban J connectivity index is 1.96. The third-order valence-corrected chi connectivity index (χ3v) is 2.20. The molecule has 4 heteroatoms. The summed E-state index contributed by atoms with van der Waals surface area (Å²) in [7, 11) is 0. The highest BCUT2D eigenvalue weighted by Gasteiger charge is 2.16. The van der Waals surface area contributed by atoms with Gasteiger partial charge < -0.3 is 4.74 Å². The topological polar surface area (TPSA) is 44.1 Å². The lowest BCUT2D eigenvalue weighted by atomic mass is 10.2. The zero-order valence-electron chi connectivity index (χ0n) is 7.35. The summed E-state index contributed by atoms with van der Waals surface area (Å²) in [5.74, 6) is 0. The lowest BCUT2D eigenvalue weighted by Gasteiger charge is -2.08. The van der Waals surface area contributed by atoms with Gasteiger partial charge in [-0.05, 0) is 12.8 Å². The zero-order valence-corrected chi connectivity index (χ0v) is 7.35. The summed E-state index contributed by atoms with van der Waals surface area (Å²) in [5.41, 5.74) is 0.623. The maximum atomic E-state index is 10.4. The van der Waals surface area contributed by atoms with Crippen LogP contribution in [0.1, 0.15) is 23.2 Å². The molecule has 0 aliphatic carbocycles. The maximum Gasteiger partial charge on any atom is 0.153 e. The number of carbonyl (C=O) groups is 1. The number of aromatic nitrogens is 2. The fourth-order valence-electron chi connectivity index (χ4n) is 1.54. The molecule has 0 spiro atoms. The van der Waals surface area contributed by atoms with Crippen LogP contribution in [0.15, 0.2) is 12.4 Å². The Bertz CT molecular complexity index is 290. The van der Waals surface area contributed by atoms with E-state index in [2.05, 4.69) is 5.10 Å². The number of aldehydes is 1. The van der Waals surface area contributed by atoms with Crippen molar-refractivity contribution in [1.82, 2.24) is 9.78 Å². The summed E-state index contributed by atoms with van der Waals surface area (Å²) in [6, 6.07) is 0. The van der Waals surface area contributed by atoms with Crippen molar-refractivity contribution in [1.29, 1.82) is 0 Å². The first kappa shape index (κ1) is 8.44. The third kappa shape index (κ3) is 1.95. The molecule has 1 aliphatic heterocycles. The number of nitrogens with zero attached hydrogens (tertiary/aromatic N) is 2. The van der Waals surface area contributed by atoms with Gasteiger partial charge in [-0.25, -0.2) is 0 Å². The zero-order chi connectivity index (χ0) is 9.10. The van der Waals surface area contributed by atoms with Crippen LogP contribution in [0.25, 0.3) is 0 Å². The fourth-order valence-corrected chi connectivity index (χ4v) is 1.54. The smallest absolute Gasteiger partial charge is 0.153 e. The van der Waals surface area contributed by atoms with E-state index < -0.39 is 0 Å². The molecular formula is C9H12N2O2. The van der Waals surface area contributed by atoms with Gasteiger partial charge in [0.1, 0.15) is 0 Å². The normalized spacial score (nSPS) is 22.0. The van der Waals surface area contributed by atoms with E-state index in [4.69, 9.17) is 4.74 Å². The van der Waals surface area contributed by atoms with Gasteiger partial charge in [-0.2, -0.15) is 5.10 Å². The highest BCUT2D eigenvalue weighted by molar-refractivity contribution is 5.73. The molecule has 1 saturated heterocycles. The highest BCUT2D eigenvalue weighted by atomic mass is 16.5. The van der Waals surface area contributed by atoms with E-state index in [0.29, 0.717) is 5.56 Å². The van der Waals surface area contributed by atoms with Crippen molar-refractivity contribution in [3.05, 3.63) is 18.0 Å². The molecular weight excluding hydrogens is 168 g/mol. The van der Waals surface area contributed by atoms with Crippen molar-refractivity contribution in [3.63, 3.8) is 0 Å². The van der Waals surface area contributed by atoms with E-state index in [0.717, 1.165) is 32.3 Å². The molecule has 13 heavy (non-hydrogen) atoms. The molecule has 1 aromatic rings. The predicted molar refractivity (Wildman–Crippen MR) is 46.6 cm³/mol. The Morgan fingerprint density at radius 2 is 2.69 bits per heavy atom. The van der Waals surface area contributed by atoms with E-state index in [9.17, 15) is 4.79 Å². The second kappa shape index (κ2) is 3.70. The van der Waals surface area contributed by atoms with E-state index in [1.54, 1.807) is 17.1 Å². The van der Waals surface area contributed by atoms with Gasteiger partial charge in [0.25, 0.3) is 0 Å². The second-order valence-electron chi connectivity index (χ2n) is 3.25. The molecule has 0 N–H and O–H groups in total. The summed E-state index contributed by atoms with van der Waals surface area (Å²) in [6.45, 7) is 1.61. The molecule has 70 valence electrons. The SMILES string of the molecule is O=Cc1cnn(C[C@H]2CCCO2)c1. The van der Waals surface area contributed by atoms with Crippen LogP contribution in [0.4, 0.5) is 0 Å². The van der Waals surface area contributed by atoms with Gasteiger partial charge in [-0.15, -0.1) is 0 Å². The lowest BCUT2D eigenvalue weighted by molar-refractivity contribution is 0.0939. The first-order valence-corrected chi connectivity index (χ1v) is 4.48. The van der Waals surface area contributed by atoms with Crippen LogP contribution in [-0.4, -0.2) is 28.8 Å². The highest BCUT2D eigenvalue weighted by Crippen LogP contribution is 2.13. The number of rotatable bonds is 3. The van der Waals surface area contributed by atoms with Crippen LogP contribution in [0.3, 0.4) is 0 Å².